The van der Waals surface area contributed by atoms with Crippen molar-refractivity contribution in [3.05, 3.63) is 11.4 Å². The van der Waals surface area contributed by atoms with Gasteiger partial charge in [-0.1, -0.05) is 20.8 Å². The number of nitrogen functional groups attached to an aromatic ring is 1. The van der Waals surface area contributed by atoms with Crippen molar-refractivity contribution in [3.63, 3.8) is 0 Å². The Bertz CT molecular complexity index is 402. The maximum absolute atomic E-state index is 9.20. The molecule has 0 spiro atoms. The van der Waals surface area contributed by atoms with Gasteiger partial charge in [-0.05, 0) is 13.3 Å². The van der Waals surface area contributed by atoms with Gasteiger partial charge in [0.05, 0.1) is 6.61 Å². The van der Waals surface area contributed by atoms with Gasteiger partial charge in [-0.25, -0.2) is 15.8 Å². The molecule has 1 rings (SSSR count). The SMILES string of the molecule is CCCN(CCO)c1nc(C(C)C)nc(NN)c1C. The molecule has 0 aromatic carbocycles. The summed E-state index contributed by atoms with van der Waals surface area (Å²) in [6, 6.07) is 0. The summed E-state index contributed by atoms with van der Waals surface area (Å²) >= 11 is 0. The van der Waals surface area contributed by atoms with Crippen molar-refractivity contribution in [3.8, 4) is 0 Å². The van der Waals surface area contributed by atoms with E-state index in [1.165, 1.54) is 0 Å². The zero-order valence-corrected chi connectivity index (χ0v) is 12.3. The number of rotatable bonds is 7. The summed E-state index contributed by atoms with van der Waals surface area (Å²) in [5, 5.41) is 9.20. The van der Waals surface area contributed by atoms with E-state index in [4.69, 9.17) is 5.84 Å². The standard InChI is InChI=1S/C13H25N5O/c1-5-6-18(7-8-19)13-10(4)12(17-14)15-11(16-13)9(2)3/h9,19H,5-8,14H2,1-4H3,(H,15,16,17). The Morgan fingerprint density at radius 3 is 2.47 bits per heavy atom. The smallest absolute Gasteiger partial charge is 0.148 e. The van der Waals surface area contributed by atoms with E-state index in [0.717, 1.165) is 30.2 Å². The normalized spacial score (nSPS) is 10.9. The topological polar surface area (TPSA) is 87.3 Å². The lowest BCUT2D eigenvalue weighted by molar-refractivity contribution is 0.301. The molecule has 0 aliphatic carbocycles. The Balaban J connectivity index is 3.25. The number of hydrogen-bond acceptors (Lipinski definition) is 6. The highest BCUT2D eigenvalue weighted by Gasteiger charge is 2.17. The van der Waals surface area contributed by atoms with Gasteiger partial charge in [0, 0.05) is 24.6 Å². The van der Waals surface area contributed by atoms with Crippen LogP contribution in [0.4, 0.5) is 11.6 Å². The minimum Gasteiger partial charge on any atom is -0.395 e. The van der Waals surface area contributed by atoms with E-state index in [9.17, 15) is 5.11 Å². The van der Waals surface area contributed by atoms with Crippen LogP contribution < -0.4 is 16.2 Å². The number of anilines is 2. The van der Waals surface area contributed by atoms with Crippen LogP contribution in [-0.4, -0.2) is 34.8 Å². The van der Waals surface area contributed by atoms with E-state index in [-0.39, 0.29) is 12.5 Å². The lowest BCUT2D eigenvalue weighted by Gasteiger charge is -2.25. The average molecular weight is 267 g/mol. The second-order valence-corrected chi connectivity index (χ2v) is 4.89. The highest BCUT2D eigenvalue weighted by molar-refractivity contribution is 5.58. The second kappa shape index (κ2) is 7.25. The lowest BCUT2D eigenvalue weighted by Crippen LogP contribution is -2.30. The summed E-state index contributed by atoms with van der Waals surface area (Å²) < 4.78 is 0. The summed E-state index contributed by atoms with van der Waals surface area (Å²) in [4.78, 5) is 11.1. The van der Waals surface area contributed by atoms with Gasteiger partial charge in [0.2, 0.25) is 0 Å². The summed E-state index contributed by atoms with van der Waals surface area (Å²) in [7, 11) is 0. The molecule has 6 nitrogen and oxygen atoms in total. The molecule has 0 saturated carbocycles. The molecule has 1 heterocycles. The van der Waals surface area contributed by atoms with Crippen molar-refractivity contribution < 1.29 is 5.11 Å². The van der Waals surface area contributed by atoms with Crippen LogP contribution in [0.2, 0.25) is 0 Å². The molecule has 1 aromatic heterocycles. The number of aromatic nitrogens is 2. The maximum Gasteiger partial charge on any atom is 0.148 e. The van der Waals surface area contributed by atoms with E-state index in [1.807, 2.05) is 20.8 Å². The molecule has 0 bridgehead atoms. The molecule has 0 saturated heterocycles. The Hall–Kier alpha value is -1.40. The molecule has 0 atom stereocenters. The quantitative estimate of drug-likeness (QED) is 0.511. The molecule has 0 fully saturated rings. The average Bonchev–Trinajstić information content (AvgIpc) is 2.38. The Morgan fingerprint density at radius 2 is 2.00 bits per heavy atom. The summed E-state index contributed by atoms with van der Waals surface area (Å²) in [6.07, 6.45) is 0.992. The van der Waals surface area contributed by atoms with Gasteiger partial charge < -0.3 is 15.4 Å². The molecule has 0 aliphatic heterocycles. The first-order chi connectivity index (χ1) is 9.04. The molecule has 0 unspecified atom stereocenters. The molecule has 0 radical (unpaired) electrons. The number of nitrogens with two attached hydrogens (primary N) is 1. The van der Waals surface area contributed by atoms with Gasteiger partial charge in [0.15, 0.2) is 0 Å². The van der Waals surface area contributed by atoms with Crippen molar-refractivity contribution in [1.29, 1.82) is 0 Å². The molecular weight excluding hydrogens is 242 g/mol. The van der Waals surface area contributed by atoms with Crippen LogP contribution in [0, 0.1) is 6.92 Å². The van der Waals surface area contributed by atoms with Crippen molar-refractivity contribution >= 4 is 11.6 Å². The van der Waals surface area contributed by atoms with Crippen LogP contribution in [0.15, 0.2) is 0 Å². The van der Waals surface area contributed by atoms with Crippen molar-refractivity contribution in [1.82, 2.24) is 9.97 Å². The predicted molar refractivity (Wildman–Crippen MR) is 78.3 cm³/mol. The van der Waals surface area contributed by atoms with Crippen LogP contribution in [-0.2, 0) is 0 Å². The third-order valence-corrected chi connectivity index (χ3v) is 2.95. The monoisotopic (exact) mass is 267 g/mol. The molecule has 0 aliphatic rings. The Kier molecular flexibility index (Phi) is 5.98. The molecule has 4 N–H and O–H groups in total. The van der Waals surface area contributed by atoms with E-state index >= 15 is 0 Å². The van der Waals surface area contributed by atoms with Crippen LogP contribution in [0.25, 0.3) is 0 Å². The first-order valence-corrected chi connectivity index (χ1v) is 6.76. The number of aliphatic hydroxyl groups is 1. The molecule has 1 aromatic rings. The van der Waals surface area contributed by atoms with E-state index < -0.39 is 0 Å². The predicted octanol–water partition coefficient (Wildman–Crippen LogP) is 1.40. The number of hydrazine groups is 1. The van der Waals surface area contributed by atoms with Crippen molar-refractivity contribution in [2.75, 3.05) is 30.0 Å². The summed E-state index contributed by atoms with van der Waals surface area (Å²) in [5.41, 5.74) is 3.54. The van der Waals surface area contributed by atoms with Crippen LogP contribution >= 0.6 is 0 Å². The van der Waals surface area contributed by atoms with E-state index in [1.54, 1.807) is 0 Å². The Morgan fingerprint density at radius 1 is 1.32 bits per heavy atom. The largest absolute Gasteiger partial charge is 0.395 e. The van der Waals surface area contributed by atoms with E-state index in [2.05, 4.69) is 27.2 Å². The maximum atomic E-state index is 9.20. The summed E-state index contributed by atoms with van der Waals surface area (Å²) in [6.45, 7) is 9.65. The number of aliphatic hydroxyl groups excluding tert-OH is 1. The number of nitrogens with one attached hydrogen (secondary N) is 1. The zero-order chi connectivity index (χ0) is 14.4. The van der Waals surface area contributed by atoms with Crippen LogP contribution in [0.1, 0.15) is 44.5 Å². The van der Waals surface area contributed by atoms with Crippen LogP contribution in [0.3, 0.4) is 0 Å². The van der Waals surface area contributed by atoms with Gasteiger partial charge in [-0.2, -0.15) is 0 Å². The number of nitrogens with zero attached hydrogens (tertiary/aromatic N) is 3. The van der Waals surface area contributed by atoms with Crippen molar-refractivity contribution in [2.24, 2.45) is 5.84 Å². The molecule has 19 heavy (non-hydrogen) atoms. The highest BCUT2D eigenvalue weighted by Crippen LogP contribution is 2.25. The molecular formula is C13H25N5O. The van der Waals surface area contributed by atoms with Gasteiger partial charge in [0.25, 0.3) is 0 Å². The summed E-state index contributed by atoms with van der Waals surface area (Å²) in [5.74, 6) is 8.01. The minimum atomic E-state index is 0.103. The van der Waals surface area contributed by atoms with E-state index in [0.29, 0.717) is 12.4 Å². The Labute approximate surface area is 115 Å². The van der Waals surface area contributed by atoms with Gasteiger partial charge in [0.1, 0.15) is 17.5 Å². The first kappa shape index (κ1) is 15.7. The fraction of sp³-hybridized carbons (Fsp3) is 0.692. The number of hydrogen-bond donors (Lipinski definition) is 3. The first-order valence-electron chi connectivity index (χ1n) is 6.76. The second-order valence-electron chi connectivity index (χ2n) is 4.89. The fourth-order valence-corrected chi connectivity index (χ4v) is 1.94. The highest BCUT2D eigenvalue weighted by atomic mass is 16.3. The zero-order valence-electron chi connectivity index (χ0n) is 12.3. The fourth-order valence-electron chi connectivity index (χ4n) is 1.94. The van der Waals surface area contributed by atoms with Crippen LogP contribution in [0.5, 0.6) is 0 Å². The molecule has 0 amide bonds. The minimum absolute atomic E-state index is 0.103. The van der Waals surface area contributed by atoms with Gasteiger partial charge in [-0.15, -0.1) is 0 Å². The van der Waals surface area contributed by atoms with Gasteiger partial charge >= 0.3 is 0 Å². The third kappa shape index (κ3) is 3.78. The molecule has 108 valence electrons. The molecule has 6 heteroatoms. The van der Waals surface area contributed by atoms with Gasteiger partial charge in [-0.3, -0.25) is 0 Å². The lowest BCUT2D eigenvalue weighted by atomic mass is 10.2. The third-order valence-electron chi connectivity index (χ3n) is 2.95. The van der Waals surface area contributed by atoms with Crippen molar-refractivity contribution in [2.45, 2.75) is 40.0 Å².